The molecule has 0 aliphatic heterocycles. The lowest BCUT2D eigenvalue weighted by molar-refractivity contribution is 0.276. The molecule has 0 saturated heterocycles. The van der Waals surface area contributed by atoms with Crippen LogP contribution in [0.1, 0.15) is 6.42 Å². The Balaban J connectivity index is 4.18. The molecule has 0 spiro atoms. The highest BCUT2D eigenvalue weighted by molar-refractivity contribution is 7.83. The molecule has 0 aromatic carbocycles. The van der Waals surface area contributed by atoms with Crippen LogP contribution in [-0.2, 0) is 36.9 Å². The van der Waals surface area contributed by atoms with Crippen LogP contribution in [0.15, 0.2) is 12.3 Å². The topological polar surface area (TPSA) is 105 Å². The molecular formula is C10H24O8S2Si2. The molecule has 0 radical (unpaired) electrons. The lowest BCUT2D eigenvalue weighted by Crippen LogP contribution is -2.30. The van der Waals surface area contributed by atoms with E-state index >= 15 is 0 Å². The fourth-order valence-electron chi connectivity index (χ4n) is 1.05. The average molecular weight is 393 g/mol. The second-order valence-electron chi connectivity index (χ2n) is 6.29. The first-order valence-corrected chi connectivity index (χ1v) is 16.0. The molecule has 0 bridgehead atoms. The van der Waals surface area contributed by atoms with E-state index in [2.05, 4.69) is 8.37 Å². The summed E-state index contributed by atoms with van der Waals surface area (Å²) in [6, 6.07) is 0. The summed E-state index contributed by atoms with van der Waals surface area (Å²) in [7, 11) is -12.7. The maximum atomic E-state index is 11.4. The van der Waals surface area contributed by atoms with Crippen molar-refractivity contribution in [3.05, 3.63) is 12.3 Å². The normalized spacial score (nSPS) is 14.5. The minimum atomic E-state index is -4.08. The van der Waals surface area contributed by atoms with Gasteiger partial charge >= 0.3 is 20.8 Å². The second-order valence-corrected chi connectivity index (χ2v) is 18.1. The van der Waals surface area contributed by atoms with Crippen LogP contribution in [0.3, 0.4) is 0 Å². The summed E-state index contributed by atoms with van der Waals surface area (Å²) in [6.45, 7) is 10.1. The van der Waals surface area contributed by atoms with Crippen molar-refractivity contribution in [2.45, 2.75) is 45.7 Å². The van der Waals surface area contributed by atoms with Gasteiger partial charge < -0.3 is 4.18 Å². The summed E-state index contributed by atoms with van der Waals surface area (Å²) in [6.07, 6.45) is 2.37. The maximum absolute atomic E-state index is 11.4. The predicted molar refractivity (Wildman–Crippen MR) is 87.5 cm³/mol. The summed E-state index contributed by atoms with van der Waals surface area (Å²) >= 11 is 0. The van der Waals surface area contributed by atoms with E-state index in [4.69, 9.17) is 7.74 Å². The van der Waals surface area contributed by atoms with E-state index in [1.807, 2.05) is 0 Å². The van der Waals surface area contributed by atoms with Gasteiger partial charge in [-0.3, -0.25) is 7.74 Å². The lowest BCUT2D eigenvalue weighted by Gasteiger charge is -2.15. The average Bonchev–Trinajstić information content (AvgIpc) is 2.15. The molecule has 0 saturated carbocycles. The molecule has 12 heteroatoms. The third-order valence-electron chi connectivity index (χ3n) is 1.49. The monoisotopic (exact) mass is 392 g/mol. The Kier molecular flexibility index (Phi) is 7.94. The molecule has 0 aromatic heterocycles. The van der Waals surface area contributed by atoms with E-state index in [0.29, 0.717) is 0 Å². The molecule has 0 rings (SSSR count). The minimum absolute atomic E-state index is 0.136. The van der Waals surface area contributed by atoms with Crippen molar-refractivity contribution in [3.63, 3.8) is 0 Å². The van der Waals surface area contributed by atoms with E-state index in [-0.39, 0.29) is 13.0 Å². The summed E-state index contributed by atoms with van der Waals surface area (Å²) in [5.74, 6) is 0. The van der Waals surface area contributed by atoms with Crippen LogP contribution >= 0.6 is 0 Å². The lowest BCUT2D eigenvalue weighted by atomic mass is 10.5. The van der Waals surface area contributed by atoms with Gasteiger partial charge in [0, 0.05) is 0 Å². The van der Waals surface area contributed by atoms with Crippen molar-refractivity contribution in [1.29, 1.82) is 0 Å². The van der Waals surface area contributed by atoms with E-state index in [1.54, 1.807) is 39.3 Å². The van der Waals surface area contributed by atoms with Crippen LogP contribution in [0.25, 0.3) is 0 Å². The third-order valence-corrected chi connectivity index (χ3v) is 7.92. The van der Waals surface area contributed by atoms with Crippen LogP contribution in [0.5, 0.6) is 0 Å². The third kappa shape index (κ3) is 13.4. The van der Waals surface area contributed by atoms with Crippen LogP contribution in [0.2, 0.25) is 39.3 Å². The molecule has 0 heterocycles. The van der Waals surface area contributed by atoms with Gasteiger partial charge in [-0.25, -0.2) is 4.18 Å². The van der Waals surface area contributed by atoms with Gasteiger partial charge in [0.1, 0.15) is 6.26 Å². The largest absolute Gasteiger partial charge is 0.438 e. The van der Waals surface area contributed by atoms with E-state index in [1.165, 1.54) is 6.08 Å². The second kappa shape index (κ2) is 8.03. The molecule has 0 aliphatic carbocycles. The van der Waals surface area contributed by atoms with Crippen LogP contribution < -0.4 is 0 Å². The Bertz CT molecular complexity index is 569. The zero-order chi connectivity index (χ0) is 17.7. The Morgan fingerprint density at radius 3 is 1.73 bits per heavy atom. The first kappa shape index (κ1) is 21.8. The van der Waals surface area contributed by atoms with Gasteiger partial charge in [0.15, 0.2) is 0 Å². The summed E-state index contributed by atoms with van der Waals surface area (Å²) < 4.78 is 64.4. The Hall–Kier alpha value is -0.246. The van der Waals surface area contributed by atoms with Gasteiger partial charge in [-0.05, 0) is 51.8 Å². The number of rotatable bonds is 10. The quantitative estimate of drug-likeness (QED) is 0.316. The molecular weight excluding hydrogens is 368 g/mol. The first-order valence-electron chi connectivity index (χ1n) is 6.51. The zero-order valence-corrected chi connectivity index (χ0v) is 17.3. The molecule has 0 aliphatic rings. The smallest absolute Gasteiger partial charge is 0.371 e. The van der Waals surface area contributed by atoms with Crippen LogP contribution in [0.4, 0.5) is 0 Å². The van der Waals surface area contributed by atoms with Crippen LogP contribution in [-0.4, -0.2) is 40.1 Å². The van der Waals surface area contributed by atoms with Gasteiger partial charge in [-0.15, -0.1) is 0 Å². The fourth-order valence-corrected chi connectivity index (χ4v) is 6.81. The molecule has 0 fully saturated rings. The minimum Gasteiger partial charge on any atom is -0.371 e. The van der Waals surface area contributed by atoms with Gasteiger partial charge in [-0.1, -0.05) is 0 Å². The van der Waals surface area contributed by atoms with Gasteiger partial charge in [-0.2, -0.15) is 16.8 Å². The zero-order valence-electron chi connectivity index (χ0n) is 13.7. The number of hydrogen-bond acceptors (Lipinski definition) is 8. The summed E-state index contributed by atoms with van der Waals surface area (Å²) in [5, 5.41) is 0. The van der Waals surface area contributed by atoms with Gasteiger partial charge in [0.05, 0.1) is 6.61 Å². The summed E-state index contributed by atoms with van der Waals surface area (Å²) in [4.78, 5) is 0. The van der Waals surface area contributed by atoms with Crippen molar-refractivity contribution < 1.29 is 32.9 Å². The van der Waals surface area contributed by atoms with Crippen molar-refractivity contribution in [2.75, 3.05) is 6.61 Å². The molecule has 22 heavy (non-hydrogen) atoms. The predicted octanol–water partition coefficient (Wildman–Crippen LogP) is 2.12. The highest BCUT2D eigenvalue weighted by atomic mass is 32.3. The molecule has 8 nitrogen and oxygen atoms in total. The Morgan fingerprint density at radius 2 is 1.27 bits per heavy atom. The highest BCUT2D eigenvalue weighted by Crippen LogP contribution is 2.11. The molecule has 132 valence electrons. The Morgan fingerprint density at radius 1 is 0.818 bits per heavy atom. The van der Waals surface area contributed by atoms with Crippen molar-refractivity contribution in [3.8, 4) is 0 Å². The number of hydrogen-bond donors (Lipinski definition) is 0. The SMILES string of the molecule is C[Si](C)(C)OS(=O)(=O)OC=CCCOS(=O)(=O)O[Si](C)(C)C. The Labute approximate surface area is 135 Å². The van der Waals surface area contributed by atoms with E-state index in [0.717, 1.165) is 6.26 Å². The molecule has 0 aromatic rings. The molecule has 0 unspecified atom stereocenters. The van der Waals surface area contributed by atoms with Crippen LogP contribution in [0, 0.1) is 0 Å². The van der Waals surface area contributed by atoms with Crippen molar-refractivity contribution in [2.24, 2.45) is 0 Å². The fraction of sp³-hybridized carbons (Fsp3) is 0.800. The first-order chi connectivity index (χ1) is 9.62. The maximum Gasteiger partial charge on any atom is 0.438 e. The van der Waals surface area contributed by atoms with E-state index < -0.39 is 37.4 Å². The van der Waals surface area contributed by atoms with Crippen molar-refractivity contribution >= 4 is 37.4 Å². The van der Waals surface area contributed by atoms with E-state index in [9.17, 15) is 16.8 Å². The van der Waals surface area contributed by atoms with Crippen molar-refractivity contribution in [1.82, 2.24) is 0 Å². The van der Waals surface area contributed by atoms with Gasteiger partial charge in [0.25, 0.3) is 0 Å². The molecule has 0 atom stereocenters. The standard InChI is InChI=1S/C10H24O8S2Si2/c1-21(2,3)17-19(11,12)15-9-7-8-10-16-20(13,14)18-22(4,5)6/h7,9H,8,10H2,1-6H3. The summed E-state index contributed by atoms with van der Waals surface area (Å²) in [5.41, 5.74) is 0. The molecule has 0 amide bonds. The van der Waals surface area contributed by atoms with Gasteiger partial charge in [0.2, 0.25) is 16.6 Å². The highest BCUT2D eigenvalue weighted by Gasteiger charge is 2.25. The molecule has 0 N–H and O–H groups in total.